The van der Waals surface area contributed by atoms with Crippen molar-refractivity contribution < 1.29 is 0 Å². The minimum Gasteiger partial charge on any atom is -0.376 e. The van der Waals surface area contributed by atoms with Gasteiger partial charge in [-0.3, -0.25) is 9.36 Å². The molecule has 0 radical (unpaired) electrons. The molecular formula is C23H16Cl2N4O. The summed E-state index contributed by atoms with van der Waals surface area (Å²) < 4.78 is 1.64. The van der Waals surface area contributed by atoms with E-state index in [9.17, 15) is 10.1 Å². The fraction of sp³-hybridized carbons (Fsp3) is 0.0870. The molecule has 2 aromatic heterocycles. The Morgan fingerprint density at radius 1 is 1.10 bits per heavy atom. The molecule has 0 bridgehead atoms. The van der Waals surface area contributed by atoms with Gasteiger partial charge in [0.2, 0.25) is 0 Å². The lowest BCUT2D eigenvalue weighted by atomic mass is 10.1. The van der Waals surface area contributed by atoms with E-state index in [1.54, 1.807) is 16.7 Å². The van der Waals surface area contributed by atoms with E-state index in [4.69, 9.17) is 23.2 Å². The summed E-state index contributed by atoms with van der Waals surface area (Å²) in [5.41, 5.74) is 2.15. The maximum Gasteiger partial charge on any atom is 0.264 e. The molecule has 0 aliphatic heterocycles. The molecule has 0 aliphatic carbocycles. The summed E-state index contributed by atoms with van der Waals surface area (Å²) in [5.74, 6) is 0. The average Bonchev–Trinajstić information content (AvgIpc) is 2.74. The third-order valence-corrected chi connectivity index (χ3v) is 5.37. The summed E-state index contributed by atoms with van der Waals surface area (Å²) >= 11 is 12.4. The molecule has 4 aromatic rings. The fourth-order valence-corrected chi connectivity index (χ4v) is 3.87. The summed E-state index contributed by atoms with van der Waals surface area (Å²) in [5, 5.41) is 14.6. The maximum absolute atomic E-state index is 13.5. The first-order valence-electron chi connectivity index (χ1n) is 9.21. The highest BCUT2D eigenvalue weighted by atomic mass is 35.5. The first-order valence-corrected chi connectivity index (χ1v) is 9.97. The SMILES string of the molecule is CC(Nc1cc(Cl)ncc1C#N)c1cc2cccc(Cl)c2c(=O)n1-c1ccccc1. The third kappa shape index (κ3) is 3.63. The number of pyridine rings is 2. The van der Waals surface area contributed by atoms with Crippen LogP contribution in [0.25, 0.3) is 16.5 Å². The second-order valence-electron chi connectivity index (χ2n) is 6.78. The Hall–Kier alpha value is -3.33. The number of nitrogens with one attached hydrogen (secondary N) is 1. The topological polar surface area (TPSA) is 70.7 Å². The number of nitriles is 1. The first-order chi connectivity index (χ1) is 14.5. The summed E-state index contributed by atoms with van der Waals surface area (Å²) in [7, 11) is 0. The highest BCUT2D eigenvalue weighted by Crippen LogP contribution is 2.28. The molecule has 0 saturated carbocycles. The molecule has 4 rings (SSSR count). The van der Waals surface area contributed by atoms with Gasteiger partial charge < -0.3 is 5.32 Å². The van der Waals surface area contributed by atoms with Gasteiger partial charge in [0.25, 0.3) is 5.56 Å². The zero-order valence-corrected chi connectivity index (χ0v) is 17.4. The normalized spacial score (nSPS) is 11.8. The van der Waals surface area contributed by atoms with Gasteiger partial charge in [-0.15, -0.1) is 0 Å². The fourth-order valence-electron chi connectivity index (χ4n) is 3.45. The van der Waals surface area contributed by atoms with Gasteiger partial charge in [-0.1, -0.05) is 53.5 Å². The molecule has 0 amide bonds. The molecule has 0 spiro atoms. The Kier molecular flexibility index (Phi) is 5.45. The van der Waals surface area contributed by atoms with Crippen LogP contribution in [0.15, 0.2) is 71.7 Å². The van der Waals surface area contributed by atoms with Crippen LogP contribution in [0.1, 0.15) is 24.2 Å². The first kappa shape index (κ1) is 20.0. The van der Waals surface area contributed by atoms with E-state index in [0.717, 1.165) is 16.8 Å². The largest absolute Gasteiger partial charge is 0.376 e. The van der Waals surface area contributed by atoms with E-state index >= 15 is 0 Å². The Bertz CT molecular complexity index is 1340. The number of rotatable bonds is 4. The van der Waals surface area contributed by atoms with Gasteiger partial charge in [-0.05, 0) is 42.6 Å². The number of nitrogens with zero attached hydrogens (tertiary/aromatic N) is 3. The van der Waals surface area contributed by atoms with E-state index in [2.05, 4.69) is 16.4 Å². The molecule has 1 atom stereocenters. The van der Waals surface area contributed by atoms with Crippen molar-refractivity contribution in [3.8, 4) is 11.8 Å². The van der Waals surface area contributed by atoms with Crippen LogP contribution < -0.4 is 10.9 Å². The monoisotopic (exact) mass is 434 g/mol. The average molecular weight is 435 g/mol. The molecule has 30 heavy (non-hydrogen) atoms. The quantitative estimate of drug-likeness (QED) is 0.415. The van der Waals surface area contributed by atoms with Gasteiger partial charge in [0.1, 0.15) is 11.2 Å². The summed E-state index contributed by atoms with van der Waals surface area (Å²) in [6.07, 6.45) is 1.42. The second kappa shape index (κ2) is 8.19. The number of hydrogen-bond donors (Lipinski definition) is 1. The van der Waals surface area contributed by atoms with E-state index in [0.29, 0.717) is 21.7 Å². The Balaban J connectivity index is 1.93. The van der Waals surface area contributed by atoms with Crippen LogP contribution in [-0.2, 0) is 0 Å². The van der Waals surface area contributed by atoms with Gasteiger partial charge in [-0.2, -0.15) is 5.26 Å². The molecule has 1 unspecified atom stereocenters. The molecule has 2 aromatic carbocycles. The smallest absolute Gasteiger partial charge is 0.264 e. The standard InChI is InChI=1S/C23H16Cl2N4O/c1-14(28-19-11-21(25)27-13-16(19)12-26)20-10-15-6-5-9-18(24)22(15)23(30)29(20)17-7-3-2-4-8-17/h2-11,13-14H,1H3,(H,27,28). The highest BCUT2D eigenvalue weighted by molar-refractivity contribution is 6.35. The van der Waals surface area contributed by atoms with E-state index < -0.39 is 0 Å². The number of aromatic nitrogens is 2. The third-order valence-electron chi connectivity index (χ3n) is 4.85. The molecule has 0 saturated heterocycles. The predicted molar refractivity (Wildman–Crippen MR) is 121 cm³/mol. The summed E-state index contributed by atoms with van der Waals surface area (Å²) in [6.45, 7) is 1.92. The van der Waals surface area contributed by atoms with Crippen LogP contribution in [0, 0.1) is 11.3 Å². The van der Waals surface area contributed by atoms with Crippen LogP contribution in [0.3, 0.4) is 0 Å². The van der Waals surface area contributed by atoms with Crippen molar-refractivity contribution in [1.29, 1.82) is 5.26 Å². The summed E-state index contributed by atoms with van der Waals surface area (Å²) in [4.78, 5) is 17.4. The van der Waals surface area contributed by atoms with Gasteiger partial charge in [0.15, 0.2) is 0 Å². The van der Waals surface area contributed by atoms with Crippen molar-refractivity contribution in [1.82, 2.24) is 9.55 Å². The zero-order valence-electron chi connectivity index (χ0n) is 15.9. The van der Waals surface area contributed by atoms with Crippen LogP contribution in [-0.4, -0.2) is 9.55 Å². The molecule has 5 nitrogen and oxygen atoms in total. The molecule has 1 N–H and O–H groups in total. The lowest BCUT2D eigenvalue weighted by Crippen LogP contribution is -2.25. The van der Waals surface area contributed by atoms with E-state index in [1.807, 2.05) is 55.5 Å². The second-order valence-corrected chi connectivity index (χ2v) is 7.57. The van der Waals surface area contributed by atoms with Crippen LogP contribution in [0.4, 0.5) is 5.69 Å². The Morgan fingerprint density at radius 3 is 2.60 bits per heavy atom. The van der Waals surface area contributed by atoms with Crippen LogP contribution >= 0.6 is 23.2 Å². The number of para-hydroxylation sites is 1. The predicted octanol–water partition coefficient (Wildman–Crippen LogP) is 5.74. The molecule has 7 heteroatoms. The molecule has 0 aliphatic rings. The van der Waals surface area contributed by atoms with Crippen molar-refractivity contribution in [2.24, 2.45) is 0 Å². The van der Waals surface area contributed by atoms with Crippen molar-refractivity contribution >= 4 is 39.7 Å². The minimum absolute atomic E-state index is 0.207. The minimum atomic E-state index is -0.327. The molecular weight excluding hydrogens is 419 g/mol. The zero-order chi connectivity index (χ0) is 21.3. The van der Waals surface area contributed by atoms with Gasteiger partial charge in [0.05, 0.1) is 27.7 Å². The number of fused-ring (bicyclic) bond motifs is 1. The van der Waals surface area contributed by atoms with E-state index in [1.165, 1.54) is 6.20 Å². The Morgan fingerprint density at radius 2 is 1.87 bits per heavy atom. The van der Waals surface area contributed by atoms with Crippen molar-refractivity contribution in [2.45, 2.75) is 13.0 Å². The number of anilines is 1. The van der Waals surface area contributed by atoms with E-state index in [-0.39, 0.29) is 16.8 Å². The lowest BCUT2D eigenvalue weighted by Gasteiger charge is -2.22. The number of benzene rings is 2. The van der Waals surface area contributed by atoms with Crippen molar-refractivity contribution in [3.63, 3.8) is 0 Å². The highest BCUT2D eigenvalue weighted by Gasteiger charge is 2.18. The van der Waals surface area contributed by atoms with Crippen molar-refractivity contribution in [2.75, 3.05) is 5.32 Å². The lowest BCUT2D eigenvalue weighted by molar-refractivity contribution is 0.777. The van der Waals surface area contributed by atoms with Crippen LogP contribution in [0.5, 0.6) is 0 Å². The molecule has 2 heterocycles. The molecule has 0 fully saturated rings. The Labute approximate surface area is 183 Å². The van der Waals surface area contributed by atoms with Crippen molar-refractivity contribution in [3.05, 3.63) is 98.6 Å². The summed E-state index contributed by atoms with van der Waals surface area (Å²) in [6, 6.07) is 20.1. The van der Waals surface area contributed by atoms with Gasteiger partial charge in [0, 0.05) is 17.6 Å². The van der Waals surface area contributed by atoms with Crippen LogP contribution in [0.2, 0.25) is 10.2 Å². The van der Waals surface area contributed by atoms with Gasteiger partial charge >= 0.3 is 0 Å². The molecule has 148 valence electrons. The number of hydrogen-bond acceptors (Lipinski definition) is 4. The number of halogens is 2. The maximum atomic E-state index is 13.5. The van der Waals surface area contributed by atoms with Gasteiger partial charge in [-0.25, -0.2) is 4.98 Å².